The van der Waals surface area contributed by atoms with E-state index < -0.39 is 0 Å². The van der Waals surface area contributed by atoms with Crippen molar-refractivity contribution in [3.05, 3.63) is 24.3 Å². The predicted molar refractivity (Wildman–Crippen MR) is 82.5 cm³/mol. The first-order valence-corrected chi connectivity index (χ1v) is 7.85. The zero-order valence-corrected chi connectivity index (χ0v) is 11.9. The lowest BCUT2D eigenvalue weighted by Gasteiger charge is -2.18. The van der Waals surface area contributed by atoms with Crippen LogP contribution < -0.4 is 11.1 Å². The van der Waals surface area contributed by atoms with Gasteiger partial charge in [-0.1, -0.05) is 6.07 Å². The molecule has 1 amide bonds. The van der Waals surface area contributed by atoms with Crippen LogP contribution in [-0.4, -0.2) is 41.9 Å². The maximum Gasteiger partial charge on any atom is 0.225 e. The number of thioether (sulfide) groups is 1. The van der Waals surface area contributed by atoms with Gasteiger partial charge in [0, 0.05) is 36.6 Å². The van der Waals surface area contributed by atoms with E-state index in [0.717, 1.165) is 25.3 Å². The molecule has 0 radical (unpaired) electrons. The van der Waals surface area contributed by atoms with Crippen LogP contribution in [0.2, 0.25) is 0 Å². The Kier molecular flexibility index (Phi) is 5.54. The summed E-state index contributed by atoms with van der Waals surface area (Å²) in [5, 5.41) is 2.89. The highest BCUT2D eigenvalue weighted by atomic mass is 32.2. The molecule has 1 heterocycles. The van der Waals surface area contributed by atoms with Gasteiger partial charge in [0.1, 0.15) is 0 Å². The highest BCUT2D eigenvalue weighted by Gasteiger charge is 2.11. The lowest BCUT2D eigenvalue weighted by Crippen LogP contribution is -2.29. The quantitative estimate of drug-likeness (QED) is 0.828. The fraction of sp³-hybridized carbons (Fsp3) is 0.500. The standard InChI is InChI=1S/C14H21N3OS/c15-12-3-1-4-13(11-12)16-14(18)5-7-17-6-2-9-19-10-8-17/h1,3-4,11H,2,5-10,15H2,(H,16,18). The summed E-state index contributed by atoms with van der Waals surface area (Å²) in [7, 11) is 0. The number of carbonyl (C=O) groups excluding carboxylic acids is 1. The van der Waals surface area contributed by atoms with Crippen LogP contribution in [-0.2, 0) is 4.79 Å². The third-order valence-corrected chi connectivity index (χ3v) is 4.19. The smallest absolute Gasteiger partial charge is 0.225 e. The molecule has 1 saturated heterocycles. The molecular formula is C14H21N3OS. The minimum atomic E-state index is 0.0579. The zero-order valence-electron chi connectivity index (χ0n) is 11.1. The average molecular weight is 279 g/mol. The molecule has 0 aliphatic carbocycles. The fourth-order valence-electron chi connectivity index (χ4n) is 2.12. The van der Waals surface area contributed by atoms with Gasteiger partial charge >= 0.3 is 0 Å². The highest BCUT2D eigenvalue weighted by molar-refractivity contribution is 7.99. The van der Waals surface area contributed by atoms with Gasteiger partial charge in [0.05, 0.1) is 0 Å². The first kappa shape index (κ1) is 14.2. The number of rotatable bonds is 4. The van der Waals surface area contributed by atoms with Gasteiger partial charge in [0.15, 0.2) is 0 Å². The summed E-state index contributed by atoms with van der Waals surface area (Å²) < 4.78 is 0. The lowest BCUT2D eigenvalue weighted by atomic mass is 10.2. The second kappa shape index (κ2) is 7.40. The molecule has 0 bridgehead atoms. The molecule has 0 aromatic heterocycles. The minimum absolute atomic E-state index is 0.0579. The van der Waals surface area contributed by atoms with Crippen molar-refractivity contribution in [2.24, 2.45) is 0 Å². The molecule has 4 nitrogen and oxygen atoms in total. The summed E-state index contributed by atoms with van der Waals surface area (Å²) >= 11 is 2.00. The SMILES string of the molecule is Nc1cccc(NC(=O)CCN2CCCSCC2)c1. The van der Waals surface area contributed by atoms with Crippen LogP contribution in [0.4, 0.5) is 11.4 Å². The molecule has 0 spiro atoms. The third-order valence-electron chi connectivity index (χ3n) is 3.14. The van der Waals surface area contributed by atoms with Gasteiger partial charge < -0.3 is 16.0 Å². The molecule has 5 heteroatoms. The minimum Gasteiger partial charge on any atom is -0.399 e. The van der Waals surface area contributed by atoms with Crippen molar-refractivity contribution in [1.82, 2.24) is 4.90 Å². The van der Waals surface area contributed by atoms with Crippen molar-refractivity contribution in [1.29, 1.82) is 0 Å². The average Bonchev–Trinajstić information content (AvgIpc) is 2.65. The van der Waals surface area contributed by atoms with Gasteiger partial charge in [-0.25, -0.2) is 0 Å². The van der Waals surface area contributed by atoms with Gasteiger partial charge in [0.25, 0.3) is 0 Å². The Bertz CT molecular complexity index is 417. The Morgan fingerprint density at radius 3 is 3.11 bits per heavy atom. The number of nitrogen functional groups attached to an aromatic ring is 1. The first-order valence-electron chi connectivity index (χ1n) is 6.69. The van der Waals surface area contributed by atoms with E-state index in [1.807, 2.05) is 30.0 Å². The molecule has 2 rings (SSSR count). The van der Waals surface area contributed by atoms with E-state index in [1.165, 1.54) is 17.9 Å². The van der Waals surface area contributed by atoms with Crippen LogP contribution >= 0.6 is 11.8 Å². The van der Waals surface area contributed by atoms with Gasteiger partial charge in [0.2, 0.25) is 5.91 Å². The van der Waals surface area contributed by atoms with Crippen molar-refractivity contribution >= 4 is 29.0 Å². The Morgan fingerprint density at radius 1 is 1.37 bits per heavy atom. The molecule has 0 unspecified atom stereocenters. The molecule has 1 aliphatic rings. The van der Waals surface area contributed by atoms with Crippen molar-refractivity contribution in [3.8, 4) is 0 Å². The van der Waals surface area contributed by atoms with E-state index in [4.69, 9.17) is 5.73 Å². The number of amides is 1. The van der Waals surface area contributed by atoms with Crippen LogP contribution in [0.25, 0.3) is 0 Å². The topological polar surface area (TPSA) is 58.4 Å². The Hall–Kier alpha value is -1.20. The second-order valence-corrected chi connectivity index (χ2v) is 5.96. The number of nitrogens with two attached hydrogens (primary N) is 1. The summed E-state index contributed by atoms with van der Waals surface area (Å²) in [5.74, 6) is 2.48. The van der Waals surface area contributed by atoms with Gasteiger partial charge in [-0.15, -0.1) is 0 Å². The molecule has 3 N–H and O–H groups in total. The van der Waals surface area contributed by atoms with Gasteiger partial charge in [-0.3, -0.25) is 4.79 Å². The maximum atomic E-state index is 11.9. The molecule has 1 aromatic carbocycles. The molecule has 104 valence electrons. The van der Waals surface area contributed by atoms with Crippen LogP contribution in [0, 0.1) is 0 Å². The molecule has 0 atom stereocenters. The van der Waals surface area contributed by atoms with Crippen molar-refractivity contribution in [2.75, 3.05) is 42.2 Å². The monoisotopic (exact) mass is 279 g/mol. The largest absolute Gasteiger partial charge is 0.399 e. The maximum absolute atomic E-state index is 11.9. The van der Waals surface area contributed by atoms with Crippen LogP contribution in [0.1, 0.15) is 12.8 Å². The summed E-state index contributed by atoms with van der Waals surface area (Å²) in [5.41, 5.74) is 7.12. The van der Waals surface area contributed by atoms with Crippen LogP contribution in [0.3, 0.4) is 0 Å². The van der Waals surface area contributed by atoms with Gasteiger partial charge in [-0.2, -0.15) is 11.8 Å². The number of carbonyl (C=O) groups is 1. The first-order chi connectivity index (χ1) is 9.24. The number of benzene rings is 1. The van der Waals surface area contributed by atoms with Crippen molar-refractivity contribution < 1.29 is 4.79 Å². The summed E-state index contributed by atoms with van der Waals surface area (Å²) in [6, 6.07) is 7.29. The van der Waals surface area contributed by atoms with E-state index in [2.05, 4.69) is 10.2 Å². The van der Waals surface area contributed by atoms with E-state index in [9.17, 15) is 4.79 Å². The van der Waals surface area contributed by atoms with Crippen molar-refractivity contribution in [2.45, 2.75) is 12.8 Å². The summed E-state index contributed by atoms with van der Waals surface area (Å²) in [6.45, 7) is 3.05. The normalized spacial score (nSPS) is 16.8. The van der Waals surface area contributed by atoms with Crippen LogP contribution in [0.15, 0.2) is 24.3 Å². The Balaban J connectivity index is 1.75. The predicted octanol–water partition coefficient (Wildman–Crippen LogP) is 2.04. The third kappa shape index (κ3) is 5.12. The number of hydrogen-bond donors (Lipinski definition) is 2. The number of nitrogens with one attached hydrogen (secondary N) is 1. The Morgan fingerprint density at radius 2 is 2.26 bits per heavy atom. The van der Waals surface area contributed by atoms with Gasteiger partial charge in [-0.05, 0) is 36.9 Å². The number of nitrogens with zero attached hydrogens (tertiary/aromatic N) is 1. The van der Waals surface area contributed by atoms with Crippen molar-refractivity contribution in [3.63, 3.8) is 0 Å². The molecule has 0 saturated carbocycles. The highest BCUT2D eigenvalue weighted by Crippen LogP contribution is 2.13. The number of anilines is 2. The lowest BCUT2D eigenvalue weighted by molar-refractivity contribution is -0.116. The molecule has 1 fully saturated rings. The van der Waals surface area contributed by atoms with E-state index in [0.29, 0.717) is 12.1 Å². The molecule has 1 aromatic rings. The summed E-state index contributed by atoms with van der Waals surface area (Å²) in [6.07, 6.45) is 1.76. The Labute approximate surface area is 118 Å². The summed E-state index contributed by atoms with van der Waals surface area (Å²) in [4.78, 5) is 14.2. The van der Waals surface area contributed by atoms with E-state index in [-0.39, 0.29) is 5.91 Å². The molecule has 1 aliphatic heterocycles. The number of hydrogen-bond acceptors (Lipinski definition) is 4. The van der Waals surface area contributed by atoms with E-state index >= 15 is 0 Å². The van der Waals surface area contributed by atoms with E-state index in [1.54, 1.807) is 6.07 Å². The molecular weight excluding hydrogens is 258 g/mol. The zero-order chi connectivity index (χ0) is 13.5. The van der Waals surface area contributed by atoms with Crippen LogP contribution in [0.5, 0.6) is 0 Å². The molecule has 19 heavy (non-hydrogen) atoms. The fourth-order valence-corrected chi connectivity index (χ4v) is 3.05. The second-order valence-electron chi connectivity index (χ2n) is 4.73.